The van der Waals surface area contributed by atoms with Gasteiger partial charge in [0.15, 0.2) is 0 Å². The van der Waals surface area contributed by atoms with E-state index in [0.717, 1.165) is 18.5 Å². The normalized spacial score (nSPS) is 16.1. The predicted molar refractivity (Wildman–Crippen MR) is 51.0 cm³/mol. The SMILES string of the molecule is Cc1coc(NC(=O)NC2CCC2)n1. The number of anilines is 1. The molecule has 1 aliphatic rings. The van der Waals surface area contributed by atoms with Crippen LogP contribution in [0.5, 0.6) is 0 Å². The summed E-state index contributed by atoms with van der Waals surface area (Å²) in [4.78, 5) is 15.3. The van der Waals surface area contributed by atoms with Crippen molar-refractivity contribution in [3.63, 3.8) is 0 Å². The topological polar surface area (TPSA) is 67.2 Å². The van der Waals surface area contributed by atoms with Gasteiger partial charge in [0.1, 0.15) is 6.26 Å². The van der Waals surface area contributed by atoms with E-state index in [1.165, 1.54) is 12.7 Å². The molecule has 0 aliphatic heterocycles. The van der Waals surface area contributed by atoms with Crippen molar-refractivity contribution in [1.29, 1.82) is 0 Å². The summed E-state index contributed by atoms with van der Waals surface area (Å²) in [5, 5.41) is 5.36. The minimum absolute atomic E-state index is 0.239. The molecule has 0 radical (unpaired) electrons. The molecule has 14 heavy (non-hydrogen) atoms. The Morgan fingerprint density at radius 1 is 1.64 bits per heavy atom. The standard InChI is InChI=1S/C9H13N3O2/c1-6-5-14-9(10-6)12-8(13)11-7-3-2-4-7/h5,7H,2-4H2,1H3,(H2,10,11,12,13). The first-order valence-corrected chi connectivity index (χ1v) is 4.74. The van der Waals surface area contributed by atoms with E-state index < -0.39 is 0 Å². The van der Waals surface area contributed by atoms with Crippen LogP contribution in [0.1, 0.15) is 25.0 Å². The highest BCUT2D eigenvalue weighted by molar-refractivity contribution is 5.87. The molecule has 0 unspecified atom stereocenters. The maximum Gasteiger partial charge on any atom is 0.323 e. The number of nitrogens with zero attached hydrogens (tertiary/aromatic N) is 1. The minimum atomic E-state index is -0.239. The molecule has 1 aromatic heterocycles. The number of hydrogen-bond acceptors (Lipinski definition) is 3. The number of amides is 2. The molecule has 1 saturated carbocycles. The summed E-state index contributed by atoms with van der Waals surface area (Å²) < 4.78 is 4.99. The van der Waals surface area contributed by atoms with Gasteiger partial charge in [-0.25, -0.2) is 4.79 Å². The number of aromatic nitrogens is 1. The Labute approximate surface area is 81.9 Å². The van der Waals surface area contributed by atoms with Crippen LogP contribution >= 0.6 is 0 Å². The summed E-state index contributed by atoms with van der Waals surface area (Å²) in [6, 6.07) is 0.335. The van der Waals surface area contributed by atoms with Crippen molar-refractivity contribution >= 4 is 12.0 Å². The molecule has 1 aliphatic carbocycles. The molecule has 76 valence electrons. The number of aryl methyl sites for hydroxylation is 1. The Morgan fingerprint density at radius 2 is 2.43 bits per heavy atom. The highest BCUT2D eigenvalue weighted by Crippen LogP contribution is 2.18. The van der Waals surface area contributed by atoms with Gasteiger partial charge in [0.2, 0.25) is 0 Å². The largest absolute Gasteiger partial charge is 0.432 e. The van der Waals surface area contributed by atoms with Crippen LogP contribution in [-0.2, 0) is 0 Å². The molecular formula is C9H13N3O2. The number of nitrogens with one attached hydrogen (secondary N) is 2. The molecule has 0 atom stereocenters. The lowest BCUT2D eigenvalue weighted by Gasteiger charge is -2.25. The molecule has 1 aromatic rings. The van der Waals surface area contributed by atoms with Crippen molar-refractivity contribution in [2.75, 3.05) is 5.32 Å². The third kappa shape index (κ3) is 2.04. The molecule has 2 N–H and O–H groups in total. The summed E-state index contributed by atoms with van der Waals surface area (Å²) in [5.41, 5.74) is 0.754. The average Bonchev–Trinajstić information content (AvgIpc) is 2.44. The van der Waals surface area contributed by atoms with Crippen molar-refractivity contribution in [2.24, 2.45) is 0 Å². The fraction of sp³-hybridized carbons (Fsp3) is 0.556. The Balaban J connectivity index is 1.81. The van der Waals surface area contributed by atoms with Crippen LogP contribution in [0, 0.1) is 6.92 Å². The quantitative estimate of drug-likeness (QED) is 0.754. The monoisotopic (exact) mass is 195 g/mol. The van der Waals surface area contributed by atoms with E-state index in [9.17, 15) is 4.79 Å². The molecular weight excluding hydrogens is 182 g/mol. The van der Waals surface area contributed by atoms with Gasteiger partial charge >= 0.3 is 12.0 Å². The lowest BCUT2D eigenvalue weighted by Crippen LogP contribution is -2.41. The number of hydrogen-bond donors (Lipinski definition) is 2. The van der Waals surface area contributed by atoms with Gasteiger partial charge < -0.3 is 9.73 Å². The van der Waals surface area contributed by atoms with E-state index in [4.69, 9.17) is 4.42 Å². The first kappa shape index (κ1) is 9.05. The van der Waals surface area contributed by atoms with E-state index in [2.05, 4.69) is 15.6 Å². The van der Waals surface area contributed by atoms with Crippen LogP contribution in [0.4, 0.5) is 10.8 Å². The van der Waals surface area contributed by atoms with Gasteiger partial charge in [0, 0.05) is 6.04 Å². The molecule has 5 nitrogen and oxygen atoms in total. The van der Waals surface area contributed by atoms with Crippen molar-refractivity contribution in [3.05, 3.63) is 12.0 Å². The third-order valence-corrected chi connectivity index (χ3v) is 2.28. The van der Waals surface area contributed by atoms with Crippen molar-refractivity contribution < 1.29 is 9.21 Å². The minimum Gasteiger partial charge on any atom is -0.432 e. The molecule has 0 bridgehead atoms. The van der Waals surface area contributed by atoms with Gasteiger partial charge in [-0.15, -0.1) is 0 Å². The molecule has 2 rings (SSSR count). The molecule has 2 amide bonds. The van der Waals surface area contributed by atoms with E-state index in [0.29, 0.717) is 6.04 Å². The zero-order chi connectivity index (χ0) is 9.97. The maximum absolute atomic E-state index is 11.3. The number of rotatable bonds is 2. The lowest BCUT2D eigenvalue weighted by molar-refractivity contribution is 0.239. The van der Waals surface area contributed by atoms with Gasteiger partial charge in [0.25, 0.3) is 0 Å². The van der Waals surface area contributed by atoms with E-state index in [-0.39, 0.29) is 12.0 Å². The van der Waals surface area contributed by atoms with Crippen LogP contribution < -0.4 is 10.6 Å². The zero-order valence-corrected chi connectivity index (χ0v) is 8.04. The maximum atomic E-state index is 11.3. The highest BCUT2D eigenvalue weighted by atomic mass is 16.4. The first-order valence-electron chi connectivity index (χ1n) is 4.74. The van der Waals surface area contributed by atoms with Crippen molar-refractivity contribution in [1.82, 2.24) is 10.3 Å². The predicted octanol–water partition coefficient (Wildman–Crippen LogP) is 1.66. The van der Waals surface area contributed by atoms with Crippen LogP contribution in [0.2, 0.25) is 0 Å². The second kappa shape index (κ2) is 3.69. The summed E-state index contributed by atoms with van der Waals surface area (Å²) in [5.74, 6) is 0. The van der Waals surface area contributed by atoms with Crippen molar-refractivity contribution in [3.8, 4) is 0 Å². The average molecular weight is 195 g/mol. The summed E-state index contributed by atoms with van der Waals surface area (Å²) in [6.07, 6.45) is 4.83. The zero-order valence-electron chi connectivity index (χ0n) is 8.04. The molecule has 5 heteroatoms. The summed E-state index contributed by atoms with van der Waals surface area (Å²) in [6.45, 7) is 1.80. The van der Waals surface area contributed by atoms with Gasteiger partial charge in [-0.05, 0) is 26.2 Å². The molecule has 0 saturated heterocycles. The second-order valence-corrected chi connectivity index (χ2v) is 3.52. The lowest BCUT2D eigenvalue weighted by atomic mass is 9.93. The van der Waals surface area contributed by atoms with Gasteiger partial charge in [-0.3, -0.25) is 5.32 Å². The number of carbonyl (C=O) groups excluding carboxylic acids is 1. The fourth-order valence-electron chi connectivity index (χ4n) is 1.28. The number of urea groups is 1. The van der Waals surface area contributed by atoms with Crippen LogP contribution in [0.3, 0.4) is 0 Å². The third-order valence-electron chi connectivity index (χ3n) is 2.28. The first-order chi connectivity index (χ1) is 6.74. The summed E-state index contributed by atoms with van der Waals surface area (Å²) >= 11 is 0. The van der Waals surface area contributed by atoms with Crippen LogP contribution in [0.25, 0.3) is 0 Å². The fourth-order valence-corrected chi connectivity index (χ4v) is 1.28. The van der Waals surface area contributed by atoms with E-state index >= 15 is 0 Å². The summed E-state index contributed by atoms with van der Waals surface area (Å²) in [7, 11) is 0. The second-order valence-electron chi connectivity index (χ2n) is 3.52. The van der Waals surface area contributed by atoms with Crippen LogP contribution in [0.15, 0.2) is 10.7 Å². The van der Waals surface area contributed by atoms with Gasteiger partial charge in [-0.1, -0.05) is 0 Å². The Bertz CT molecular complexity index is 331. The Hall–Kier alpha value is -1.52. The van der Waals surface area contributed by atoms with E-state index in [1.54, 1.807) is 6.92 Å². The molecule has 1 heterocycles. The van der Waals surface area contributed by atoms with Crippen molar-refractivity contribution in [2.45, 2.75) is 32.2 Å². The van der Waals surface area contributed by atoms with Crippen LogP contribution in [-0.4, -0.2) is 17.1 Å². The smallest absolute Gasteiger partial charge is 0.323 e. The Morgan fingerprint density at radius 3 is 2.93 bits per heavy atom. The molecule has 0 aromatic carbocycles. The molecule has 1 fully saturated rings. The van der Waals surface area contributed by atoms with Gasteiger partial charge in [-0.2, -0.15) is 4.98 Å². The number of carbonyl (C=O) groups is 1. The van der Waals surface area contributed by atoms with Gasteiger partial charge in [0.05, 0.1) is 5.69 Å². The molecule has 0 spiro atoms. The van der Waals surface area contributed by atoms with E-state index in [1.807, 2.05) is 0 Å². The Kier molecular flexibility index (Phi) is 2.39. The number of oxazole rings is 1. The highest BCUT2D eigenvalue weighted by Gasteiger charge is 2.19.